The first-order chi connectivity index (χ1) is 4.47. The Morgan fingerprint density at radius 1 is 1.67 bits per heavy atom. The summed E-state index contributed by atoms with van der Waals surface area (Å²) in [5, 5.41) is 3.13. The minimum Gasteiger partial charge on any atom is -0.350 e. The van der Waals surface area contributed by atoms with Gasteiger partial charge in [0.2, 0.25) is 0 Å². The van der Waals surface area contributed by atoms with Crippen molar-refractivity contribution in [3.8, 4) is 0 Å². The maximum Gasteiger partial charge on any atom is 0.107 e. The molecule has 0 amide bonds. The van der Waals surface area contributed by atoms with E-state index >= 15 is 0 Å². The van der Waals surface area contributed by atoms with E-state index in [0.29, 0.717) is 5.92 Å². The Kier molecular flexibility index (Phi) is 1.04. The molecule has 0 saturated carbocycles. The van der Waals surface area contributed by atoms with Crippen LogP contribution in [0.5, 0.6) is 0 Å². The van der Waals surface area contributed by atoms with Crippen LogP contribution in [0.25, 0.3) is 0 Å². The molecule has 0 spiro atoms. The second-order valence-corrected chi connectivity index (χ2v) is 2.52. The molecule has 0 radical (unpaired) electrons. The molecule has 2 heteroatoms. The topological polar surface area (TPSA) is 24.4 Å². The Bertz CT molecular complexity index is 170. The summed E-state index contributed by atoms with van der Waals surface area (Å²) in [7, 11) is 0. The van der Waals surface area contributed by atoms with Crippen LogP contribution in [-0.4, -0.2) is 12.4 Å². The summed E-state index contributed by atoms with van der Waals surface area (Å²) >= 11 is 0. The molecule has 0 aromatic heterocycles. The molecule has 2 heterocycles. The molecule has 2 rings (SSSR count). The maximum absolute atomic E-state index is 4.33. The average molecular weight is 122 g/mol. The van der Waals surface area contributed by atoms with Crippen molar-refractivity contribution in [2.75, 3.05) is 6.54 Å². The highest BCUT2D eigenvalue weighted by Crippen LogP contribution is 2.17. The van der Waals surface area contributed by atoms with Gasteiger partial charge in [0.1, 0.15) is 5.84 Å². The van der Waals surface area contributed by atoms with E-state index in [0.717, 1.165) is 6.54 Å². The third kappa shape index (κ3) is 0.745. The van der Waals surface area contributed by atoms with Crippen LogP contribution in [-0.2, 0) is 0 Å². The van der Waals surface area contributed by atoms with E-state index in [1.165, 1.54) is 18.7 Å². The van der Waals surface area contributed by atoms with Crippen molar-refractivity contribution in [1.29, 1.82) is 0 Å². The molecule has 0 fully saturated rings. The third-order valence-electron chi connectivity index (χ3n) is 1.87. The summed E-state index contributed by atoms with van der Waals surface area (Å²) in [5.74, 6) is 1.81. The summed E-state index contributed by atoms with van der Waals surface area (Å²) in [4.78, 5) is 4.33. The van der Waals surface area contributed by atoms with E-state index < -0.39 is 0 Å². The number of aliphatic imine (C=N–C) groups is 1. The first-order valence-corrected chi connectivity index (χ1v) is 3.44. The van der Waals surface area contributed by atoms with Crippen molar-refractivity contribution in [2.45, 2.75) is 12.8 Å². The summed E-state index contributed by atoms with van der Waals surface area (Å²) < 4.78 is 0. The molecule has 0 saturated heterocycles. The largest absolute Gasteiger partial charge is 0.350 e. The fourth-order valence-electron chi connectivity index (χ4n) is 1.35. The average Bonchev–Trinajstić information content (AvgIpc) is 2.33. The number of hydrogen-bond acceptors (Lipinski definition) is 2. The van der Waals surface area contributed by atoms with Crippen LogP contribution < -0.4 is 5.32 Å². The number of hydrogen-bond donors (Lipinski definition) is 1. The van der Waals surface area contributed by atoms with Crippen LogP contribution in [0, 0.1) is 5.92 Å². The molecule has 1 atom stereocenters. The molecule has 0 aliphatic carbocycles. The van der Waals surface area contributed by atoms with Crippen LogP contribution in [0.15, 0.2) is 17.3 Å². The standard InChI is InChI=1S/C7H10N2/c1-2-6-3-5-9-7(6)8-4-1/h3,5-6H,1-2,4H2,(H,8,9). The predicted molar refractivity (Wildman–Crippen MR) is 37.3 cm³/mol. The SMILES string of the molecule is C1=CC2CCCN=C2N1. The summed E-state index contributed by atoms with van der Waals surface area (Å²) in [6.45, 7) is 1.01. The third-order valence-corrected chi connectivity index (χ3v) is 1.87. The van der Waals surface area contributed by atoms with Gasteiger partial charge in [0.15, 0.2) is 0 Å². The lowest BCUT2D eigenvalue weighted by Crippen LogP contribution is -2.23. The van der Waals surface area contributed by atoms with Gasteiger partial charge in [-0.3, -0.25) is 4.99 Å². The fourth-order valence-corrected chi connectivity index (χ4v) is 1.35. The molecule has 2 nitrogen and oxygen atoms in total. The van der Waals surface area contributed by atoms with Crippen molar-refractivity contribution in [3.05, 3.63) is 12.3 Å². The number of fused-ring (bicyclic) bond motifs is 1. The second-order valence-electron chi connectivity index (χ2n) is 2.52. The van der Waals surface area contributed by atoms with Crippen molar-refractivity contribution < 1.29 is 0 Å². The molecular weight excluding hydrogens is 112 g/mol. The normalized spacial score (nSPS) is 31.1. The van der Waals surface area contributed by atoms with Crippen LogP contribution >= 0.6 is 0 Å². The van der Waals surface area contributed by atoms with E-state index in [9.17, 15) is 0 Å². The Morgan fingerprint density at radius 2 is 2.67 bits per heavy atom. The smallest absolute Gasteiger partial charge is 0.107 e. The summed E-state index contributed by atoms with van der Waals surface area (Å²) in [6.07, 6.45) is 6.72. The van der Waals surface area contributed by atoms with Gasteiger partial charge >= 0.3 is 0 Å². The monoisotopic (exact) mass is 122 g/mol. The first kappa shape index (κ1) is 5.03. The van der Waals surface area contributed by atoms with Gasteiger partial charge in [0.05, 0.1) is 0 Å². The van der Waals surface area contributed by atoms with E-state index in [1.807, 2.05) is 6.20 Å². The van der Waals surface area contributed by atoms with E-state index in [2.05, 4.69) is 16.4 Å². The highest BCUT2D eigenvalue weighted by molar-refractivity contribution is 5.89. The molecular formula is C7H10N2. The molecule has 1 unspecified atom stereocenters. The van der Waals surface area contributed by atoms with Crippen LogP contribution in [0.4, 0.5) is 0 Å². The summed E-state index contributed by atoms with van der Waals surface area (Å²) in [5.41, 5.74) is 0. The van der Waals surface area contributed by atoms with E-state index in [4.69, 9.17) is 0 Å². The van der Waals surface area contributed by atoms with Gasteiger partial charge < -0.3 is 5.32 Å². The maximum atomic E-state index is 4.33. The molecule has 1 N–H and O–H groups in total. The van der Waals surface area contributed by atoms with Crippen LogP contribution in [0.3, 0.4) is 0 Å². The van der Waals surface area contributed by atoms with Gasteiger partial charge in [-0.2, -0.15) is 0 Å². The van der Waals surface area contributed by atoms with Gasteiger partial charge in [-0.25, -0.2) is 0 Å². The van der Waals surface area contributed by atoms with Gasteiger partial charge in [-0.05, 0) is 19.0 Å². The second kappa shape index (κ2) is 1.87. The lowest BCUT2D eigenvalue weighted by Gasteiger charge is -2.13. The lowest BCUT2D eigenvalue weighted by molar-refractivity contribution is 0.651. The minimum atomic E-state index is 0.624. The molecule has 9 heavy (non-hydrogen) atoms. The van der Waals surface area contributed by atoms with Gasteiger partial charge in [-0.1, -0.05) is 6.08 Å². The van der Waals surface area contributed by atoms with Crippen molar-refractivity contribution in [2.24, 2.45) is 10.9 Å². The van der Waals surface area contributed by atoms with Crippen LogP contribution in [0.1, 0.15) is 12.8 Å². The molecule has 2 aliphatic heterocycles. The molecule has 48 valence electrons. The molecule has 0 aromatic carbocycles. The minimum absolute atomic E-state index is 0.624. The van der Waals surface area contributed by atoms with Crippen molar-refractivity contribution in [1.82, 2.24) is 5.32 Å². The summed E-state index contributed by atoms with van der Waals surface area (Å²) in [6, 6.07) is 0. The number of rotatable bonds is 0. The lowest BCUT2D eigenvalue weighted by atomic mass is 10.0. The number of amidine groups is 1. The number of nitrogens with one attached hydrogen (secondary N) is 1. The zero-order valence-corrected chi connectivity index (χ0v) is 5.30. The van der Waals surface area contributed by atoms with E-state index in [-0.39, 0.29) is 0 Å². The molecule has 0 aromatic rings. The van der Waals surface area contributed by atoms with Gasteiger partial charge in [0, 0.05) is 12.5 Å². The highest BCUT2D eigenvalue weighted by Gasteiger charge is 2.18. The molecule has 0 bridgehead atoms. The van der Waals surface area contributed by atoms with E-state index in [1.54, 1.807) is 0 Å². The quantitative estimate of drug-likeness (QED) is 0.507. The Labute approximate surface area is 54.7 Å². The molecule has 2 aliphatic rings. The van der Waals surface area contributed by atoms with Crippen molar-refractivity contribution in [3.63, 3.8) is 0 Å². The van der Waals surface area contributed by atoms with Crippen LogP contribution in [0.2, 0.25) is 0 Å². The predicted octanol–water partition coefficient (Wildman–Crippen LogP) is 0.912. The highest BCUT2D eigenvalue weighted by atomic mass is 15.0. The number of nitrogens with zero attached hydrogens (tertiary/aromatic N) is 1. The Balaban J connectivity index is 2.22. The zero-order chi connectivity index (χ0) is 6.10. The first-order valence-electron chi connectivity index (χ1n) is 3.44. The fraction of sp³-hybridized carbons (Fsp3) is 0.571. The van der Waals surface area contributed by atoms with Gasteiger partial charge in [-0.15, -0.1) is 0 Å². The Hall–Kier alpha value is -0.790. The zero-order valence-electron chi connectivity index (χ0n) is 5.30. The Morgan fingerprint density at radius 3 is 3.56 bits per heavy atom. The van der Waals surface area contributed by atoms with Gasteiger partial charge in [0.25, 0.3) is 0 Å². The van der Waals surface area contributed by atoms with Crippen molar-refractivity contribution >= 4 is 5.84 Å².